The molecule has 7 nitrogen and oxygen atoms in total. The van der Waals surface area contributed by atoms with E-state index in [0.29, 0.717) is 36.0 Å². The van der Waals surface area contributed by atoms with Crippen molar-refractivity contribution in [1.82, 2.24) is 4.57 Å². The molecule has 3 rings (SSSR count). The van der Waals surface area contributed by atoms with Gasteiger partial charge in [0.15, 0.2) is 11.5 Å². The first kappa shape index (κ1) is 21.9. The minimum atomic E-state index is -0.975. The van der Waals surface area contributed by atoms with Gasteiger partial charge in [0.1, 0.15) is 5.56 Å². The molecule has 0 radical (unpaired) electrons. The van der Waals surface area contributed by atoms with Crippen LogP contribution in [0.2, 0.25) is 0 Å². The molecule has 1 atom stereocenters. The number of nitrogens with zero attached hydrogens (tertiary/aromatic N) is 2. The second-order valence-electron chi connectivity index (χ2n) is 7.76. The molecule has 0 bridgehead atoms. The molecule has 0 aliphatic carbocycles. The zero-order valence-corrected chi connectivity index (χ0v) is 18.3. The smallest absolute Gasteiger partial charge is 0.339 e. The molecule has 7 heteroatoms. The van der Waals surface area contributed by atoms with E-state index >= 15 is 0 Å². The molecule has 1 aromatic carbocycles. The van der Waals surface area contributed by atoms with Crippen LogP contribution in [0.15, 0.2) is 29.4 Å². The van der Waals surface area contributed by atoms with Gasteiger partial charge < -0.3 is 23.9 Å². The number of hydrogen-bond donors (Lipinski definition) is 1. The molecule has 2 aromatic rings. The molecule has 0 amide bonds. The quantitative estimate of drug-likeness (QED) is 0.668. The predicted molar refractivity (Wildman–Crippen MR) is 114 cm³/mol. The lowest BCUT2D eigenvalue weighted by Crippen LogP contribution is -2.28. The number of carboxylic acids is 1. The van der Waals surface area contributed by atoms with Crippen molar-refractivity contribution in [3.8, 4) is 22.8 Å². The van der Waals surface area contributed by atoms with E-state index in [0.717, 1.165) is 29.7 Å². The van der Waals surface area contributed by atoms with Gasteiger partial charge in [-0.25, -0.2) is 4.79 Å². The van der Waals surface area contributed by atoms with Crippen LogP contribution in [0.25, 0.3) is 11.3 Å². The van der Waals surface area contributed by atoms with Crippen LogP contribution >= 0.6 is 0 Å². The molecule has 1 aliphatic rings. The number of carbonyl (C=O) groups is 1. The Kier molecular flexibility index (Phi) is 6.82. The third kappa shape index (κ3) is 4.21. The molecule has 162 valence electrons. The lowest BCUT2D eigenvalue weighted by Gasteiger charge is -2.34. The maximum Gasteiger partial charge on any atom is 0.339 e. The van der Waals surface area contributed by atoms with Crippen molar-refractivity contribution in [2.45, 2.75) is 32.7 Å². The van der Waals surface area contributed by atoms with E-state index in [4.69, 9.17) is 14.2 Å². The summed E-state index contributed by atoms with van der Waals surface area (Å²) in [5.74, 6) is 0.710. The van der Waals surface area contributed by atoms with Crippen LogP contribution in [0.1, 0.15) is 42.2 Å². The third-order valence-corrected chi connectivity index (χ3v) is 5.54. The summed E-state index contributed by atoms with van der Waals surface area (Å²) in [4.78, 5) is 16.0. The van der Waals surface area contributed by atoms with Crippen molar-refractivity contribution in [3.05, 3.63) is 40.9 Å². The van der Waals surface area contributed by atoms with Gasteiger partial charge in [-0.1, -0.05) is 13.8 Å². The van der Waals surface area contributed by atoms with Crippen molar-refractivity contribution in [3.63, 3.8) is 0 Å². The van der Waals surface area contributed by atoms with Crippen LogP contribution in [-0.2, 0) is 11.2 Å². The molecule has 30 heavy (non-hydrogen) atoms. The lowest BCUT2D eigenvalue weighted by molar-refractivity contribution is 0.0693. The molecule has 1 N–H and O–H groups in total. The summed E-state index contributed by atoms with van der Waals surface area (Å²) in [5, 5.41) is 10.1. The summed E-state index contributed by atoms with van der Waals surface area (Å²) in [6.45, 7) is 5.48. The van der Waals surface area contributed by atoms with E-state index in [-0.39, 0.29) is 11.6 Å². The van der Waals surface area contributed by atoms with Crippen LogP contribution in [0, 0.1) is 5.92 Å². The first-order valence-corrected chi connectivity index (χ1v) is 10.2. The molecule has 1 unspecified atom stereocenters. The van der Waals surface area contributed by atoms with Gasteiger partial charge in [0.05, 0.1) is 24.8 Å². The average Bonchev–Trinajstić information content (AvgIpc) is 2.74. The highest BCUT2D eigenvalue weighted by Gasteiger charge is 2.29. The number of pyridine rings is 1. The first-order chi connectivity index (χ1) is 14.4. The van der Waals surface area contributed by atoms with Crippen molar-refractivity contribution in [2.75, 3.05) is 34.5 Å². The van der Waals surface area contributed by atoms with Crippen molar-refractivity contribution >= 4 is 5.97 Å². The molecule has 0 fully saturated rings. The van der Waals surface area contributed by atoms with Crippen LogP contribution in [-0.4, -0.2) is 50.1 Å². The number of ether oxygens (including phenoxy) is 3. The van der Waals surface area contributed by atoms with E-state index in [1.807, 2.05) is 18.2 Å². The summed E-state index contributed by atoms with van der Waals surface area (Å²) in [6.07, 6.45) is 3.30. The molecule has 1 aromatic heterocycles. The number of fused-ring (bicyclic) bond motifs is 3. The first-order valence-electron chi connectivity index (χ1n) is 10.2. The summed E-state index contributed by atoms with van der Waals surface area (Å²) in [7, 11) is 4.91. The largest absolute Gasteiger partial charge is 0.493 e. The standard InChI is InChI=1S/C23H30N2O5/c1-14(2)19-9-15-10-22(30-8-6-7-28-4)21(29-5)11-16(15)20-12-18(24-3)17(23(26)27)13-25(19)20/h10-14,19H,6-9H2,1-5H3,(H,26,27)/b24-18-. The van der Waals surface area contributed by atoms with E-state index in [1.165, 1.54) is 0 Å². The molecule has 0 spiro atoms. The fourth-order valence-corrected chi connectivity index (χ4v) is 3.95. The molecular formula is C23H30N2O5. The monoisotopic (exact) mass is 414 g/mol. The van der Waals surface area contributed by atoms with E-state index in [9.17, 15) is 9.90 Å². The maximum absolute atomic E-state index is 11.8. The highest BCUT2D eigenvalue weighted by molar-refractivity contribution is 5.87. The number of rotatable bonds is 8. The fourth-order valence-electron chi connectivity index (χ4n) is 3.95. The molecule has 0 saturated carbocycles. The molecule has 0 saturated heterocycles. The Labute approximate surface area is 176 Å². The van der Waals surface area contributed by atoms with Crippen LogP contribution in [0.3, 0.4) is 0 Å². The summed E-state index contributed by atoms with van der Waals surface area (Å²) in [5.41, 5.74) is 3.31. The van der Waals surface area contributed by atoms with Crippen LogP contribution in [0.5, 0.6) is 11.5 Å². The predicted octanol–water partition coefficient (Wildman–Crippen LogP) is 3.56. The van der Waals surface area contributed by atoms with Crippen molar-refractivity contribution in [2.24, 2.45) is 10.9 Å². The summed E-state index contributed by atoms with van der Waals surface area (Å²) in [6, 6.07) is 6.01. The van der Waals surface area contributed by atoms with E-state index in [1.54, 1.807) is 27.5 Å². The van der Waals surface area contributed by atoms with Gasteiger partial charge in [-0.3, -0.25) is 4.99 Å². The maximum atomic E-state index is 11.8. The van der Waals surface area contributed by atoms with Crippen LogP contribution < -0.4 is 14.8 Å². The van der Waals surface area contributed by atoms with Gasteiger partial charge in [-0.05, 0) is 36.1 Å². The average molecular weight is 415 g/mol. The number of hydrogen-bond acceptors (Lipinski definition) is 5. The van der Waals surface area contributed by atoms with Gasteiger partial charge in [-0.2, -0.15) is 0 Å². The highest BCUT2D eigenvalue weighted by Crippen LogP contribution is 2.42. The molecule has 1 aliphatic heterocycles. The Morgan fingerprint density at radius 3 is 2.60 bits per heavy atom. The second kappa shape index (κ2) is 9.34. The Bertz CT molecular complexity index is 994. The Hall–Kier alpha value is -2.80. The fraction of sp³-hybridized carbons (Fsp3) is 0.478. The minimum absolute atomic E-state index is 0.131. The second-order valence-corrected chi connectivity index (χ2v) is 7.76. The number of methoxy groups -OCH3 is 2. The minimum Gasteiger partial charge on any atom is -0.493 e. The van der Waals surface area contributed by atoms with Gasteiger partial charge >= 0.3 is 5.97 Å². The molecule has 2 heterocycles. The topological polar surface area (TPSA) is 82.3 Å². The summed E-state index contributed by atoms with van der Waals surface area (Å²) < 4.78 is 18.7. The molecular weight excluding hydrogens is 384 g/mol. The van der Waals surface area contributed by atoms with Crippen molar-refractivity contribution in [1.29, 1.82) is 0 Å². The Morgan fingerprint density at radius 2 is 2.00 bits per heavy atom. The lowest BCUT2D eigenvalue weighted by atomic mass is 9.87. The number of aromatic carboxylic acids is 1. The van der Waals surface area contributed by atoms with E-state index in [2.05, 4.69) is 23.4 Å². The number of aromatic nitrogens is 1. The summed E-state index contributed by atoms with van der Waals surface area (Å²) >= 11 is 0. The zero-order valence-electron chi connectivity index (χ0n) is 18.3. The third-order valence-electron chi connectivity index (χ3n) is 5.54. The Balaban J connectivity index is 2.14. The zero-order chi connectivity index (χ0) is 21.8. The van der Waals surface area contributed by atoms with Crippen LogP contribution in [0.4, 0.5) is 0 Å². The SMILES string of the molecule is C/N=c1/cc2n(cc1C(=O)O)C(C(C)C)Cc1cc(OCCCOC)c(OC)cc1-2. The highest BCUT2D eigenvalue weighted by atomic mass is 16.5. The Morgan fingerprint density at radius 1 is 1.23 bits per heavy atom. The van der Waals surface area contributed by atoms with Gasteiger partial charge in [-0.15, -0.1) is 0 Å². The number of benzene rings is 1. The van der Waals surface area contributed by atoms with Crippen molar-refractivity contribution < 1.29 is 24.1 Å². The normalized spacial score (nSPS) is 15.7. The van der Waals surface area contributed by atoms with Gasteiger partial charge in [0.2, 0.25) is 0 Å². The van der Waals surface area contributed by atoms with Gasteiger partial charge in [0.25, 0.3) is 0 Å². The van der Waals surface area contributed by atoms with Gasteiger partial charge in [0, 0.05) is 45.0 Å². The number of carboxylic acid groups (broad SMARTS) is 1. The van der Waals surface area contributed by atoms with E-state index < -0.39 is 5.97 Å².